The summed E-state index contributed by atoms with van der Waals surface area (Å²) >= 11 is 0. The van der Waals surface area contributed by atoms with Crippen LogP contribution in [-0.4, -0.2) is 35.9 Å². The van der Waals surface area contributed by atoms with E-state index < -0.39 is 18.5 Å². The summed E-state index contributed by atoms with van der Waals surface area (Å²) in [7, 11) is 0. The van der Waals surface area contributed by atoms with Gasteiger partial charge in [0.25, 0.3) is 5.91 Å². The number of aryl methyl sites for hydroxylation is 1. The summed E-state index contributed by atoms with van der Waals surface area (Å²) in [5.41, 5.74) is 2.80. The first-order valence-electron chi connectivity index (χ1n) is 8.96. The number of para-hydroxylation sites is 2. The highest BCUT2D eigenvalue weighted by Crippen LogP contribution is 2.16. The van der Waals surface area contributed by atoms with Gasteiger partial charge in [-0.05, 0) is 30.2 Å². The smallest absolute Gasteiger partial charge is 0.355 e. The molecule has 7 nitrogen and oxygen atoms in total. The molecule has 3 aromatic rings. The standard InChI is InChI=1S/C21H21N3O4/c1-2-14-7-3-5-9-16(14)24-19(25)12-22-20(26)13-28-21(27)18-11-15-8-4-6-10-17(15)23-18/h3-11,23H,2,12-13H2,1H3,(H,22,26)(H,24,25). The highest BCUT2D eigenvalue weighted by atomic mass is 16.5. The fraction of sp³-hybridized carbons (Fsp3) is 0.190. The Bertz CT molecular complexity index is 977. The van der Waals surface area contributed by atoms with E-state index >= 15 is 0 Å². The second-order valence-electron chi connectivity index (χ2n) is 6.18. The van der Waals surface area contributed by atoms with Crippen molar-refractivity contribution >= 4 is 34.4 Å². The topological polar surface area (TPSA) is 100 Å². The Kier molecular flexibility index (Phi) is 6.06. The van der Waals surface area contributed by atoms with Crippen molar-refractivity contribution in [3.8, 4) is 0 Å². The minimum Gasteiger partial charge on any atom is -0.451 e. The fourth-order valence-corrected chi connectivity index (χ4v) is 2.77. The molecule has 7 heteroatoms. The molecule has 0 aliphatic heterocycles. The van der Waals surface area contributed by atoms with Gasteiger partial charge < -0.3 is 20.4 Å². The first-order chi connectivity index (χ1) is 13.6. The minimum atomic E-state index is -0.632. The SMILES string of the molecule is CCc1ccccc1NC(=O)CNC(=O)COC(=O)c1cc2ccccc2[nH]1. The highest BCUT2D eigenvalue weighted by Gasteiger charge is 2.14. The number of hydrogen-bond acceptors (Lipinski definition) is 4. The quantitative estimate of drug-likeness (QED) is 0.550. The number of fused-ring (bicyclic) bond motifs is 1. The molecular formula is C21H21N3O4. The van der Waals surface area contributed by atoms with Crippen LogP contribution in [-0.2, 0) is 20.7 Å². The molecule has 0 aliphatic carbocycles. The molecule has 2 amide bonds. The largest absolute Gasteiger partial charge is 0.451 e. The number of rotatable bonds is 7. The van der Waals surface area contributed by atoms with Crippen LogP contribution in [0.2, 0.25) is 0 Å². The molecular weight excluding hydrogens is 358 g/mol. The fourth-order valence-electron chi connectivity index (χ4n) is 2.77. The third-order valence-electron chi connectivity index (χ3n) is 4.20. The number of ether oxygens (including phenoxy) is 1. The first kappa shape index (κ1) is 19.2. The van der Waals surface area contributed by atoms with E-state index in [4.69, 9.17) is 4.74 Å². The molecule has 0 radical (unpaired) electrons. The predicted octanol–water partition coefficient (Wildman–Crippen LogP) is 2.64. The first-order valence-corrected chi connectivity index (χ1v) is 8.96. The normalized spacial score (nSPS) is 10.5. The molecule has 3 N–H and O–H groups in total. The van der Waals surface area contributed by atoms with Crippen LogP contribution < -0.4 is 10.6 Å². The minimum absolute atomic E-state index is 0.208. The van der Waals surface area contributed by atoms with Crippen LogP contribution in [0.15, 0.2) is 54.6 Å². The van der Waals surface area contributed by atoms with Gasteiger partial charge in [-0.1, -0.05) is 43.3 Å². The van der Waals surface area contributed by atoms with Crippen LogP contribution >= 0.6 is 0 Å². The van der Waals surface area contributed by atoms with Crippen LogP contribution in [0.1, 0.15) is 23.0 Å². The number of aromatic nitrogens is 1. The summed E-state index contributed by atoms with van der Waals surface area (Å²) in [5.74, 6) is -1.53. The molecule has 0 fully saturated rings. The average molecular weight is 379 g/mol. The molecule has 144 valence electrons. The van der Waals surface area contributed by atoms with Gasteiger partial charge in [-0.15, -0.1) is 0 Å². The maximum atomic E-state index is 12.1. The molecule has 1 aromatic heterocycles. The summed E-state index contributed by atoms with van der Waals surface area (Å²) in [6.45, 7) is 1.32. The van der Waals surface area contributed by atoms with Gasteiger partial charge in [0, 0.05) is 16.6 Å². The number of anilines is 1. The van der Waals surface area contributed by atoms with Crippen molar-refractivity contribution in [2.24, 2.45) is 0 Å². The van der Waals surface area contributed by atoms with E-state index in [2.05, 4.69) is 15.6 Å². The molecule has 0 saturated carbocycles. The molecule has 28 heavy (non-hydrogen) atoms. The van der Waals surface area contributed by atoms with E-state index in [1.807, 2.05) is 49.4 Å². The van der Waals surface area contributed by atoms with Crippen molar-refractivity contribution in [3.63, 3.8) is 0 Å². The Morgan fingerprint density at radius 2 is 1.75 bits per heavy atom. The Morgan fingerprint density at radius 3 is 2.54 bits per heavy atom. The molecule has 0 bridgehead atoms. The van der Waals surface area contributed by atoms with Crippen LogP contribution in [0.3, 0.4) is 0 Å². The maximum absolute atomic E-state index is 12.1. The third kappa shape index (κ3) is 4.76. The third-order valence-corrected chi connectivity index (χ3v) is 4.20. The van der Waals surface area contributed by atoms with Gasteiger partial charge >= 0.3 is 5.97 Å². The molecule has 0 saturated heterocycles. The van der Waals surface area contributed by atoms with E-state index in [1.165, 1.54) is 0 Å². The number of nitrogens with one attached hydrogen (secondary N) is 3. The number of carbonyl (C=O) groups excluding carboxylic acids is 3. The van der Waals surface area contributed by atoms with Crippen molar-refractivity contribution in [1.82, 2.24) is 10.3 Å². The van der Waals surface area contributed by atoms with Crippen molar-refractivity contribution in [2.75, 3.05) is 18.5 Å². The molecule has 3 rings (SSSR count). The van der Waals surface area contributed by atoms with Crippen molar-refractivity contribution in [2.45, 2.75) is 13.3 Å². The number of hydrogen-bond donors (Lipinski definition) is 3. The molecule has 0 aliphatic rings. The van der Waals surface area contributed by atoms with Gasteiger partial charge in [0.05, 0.1) is 6.54 Å². The highest BCUT2D eigenvalue weighted by molar-refractivity contribution is 5.97. The molecule has 0 spiro atoms. The number of aromatic amines is 1. The lowest BCUT2D eigenvalue weighted by Crippen LogP contribution is -2.35. The van der Waals surface area contributed by atoms with E-state index in [1.54, 1.807) is 12.1 Å². The molecule has 2 aromatic carbocycles. The zero-order valence-corrected chi connectivity index (χ0v) is 15.5. The van der Waals surface area contributed by atoms with Crippen LogP contribution in [0.4, 0.5) is 5.69 Å². The Morgan fingerprint density at radius 1 is 1.00 bits per heavy atom. The number of amides is 2. The number of H-pyrrole nitrogens is 1. The van der Waals surface area contributed by atoms with Gasteiger partial charge in [0.15, 0.2) is 6.61 Å². The second kappa shape index (κ2) is 8.85. The van der Waals surface area contributed by atoms with Crippen molar-refractivity contribution in [1.29, 1.82) is 0 Å². The van der Waals surface area contributed by atoms with Crippen molar-refractivity contribution in [3.05, 3.63) is 65.9 Å². The van der Waals surface area contributed by atoms with E-state index in [0.717, 1.165) is 28.6 Å². The summed E-state index contributed by atoms with van der Waals surface area (Å²) in [6, 6.07) is 16.5. The molecule has 0 unspecified atom stereocenters. The number of esters is 1. The van der Waals surface area contributed by atoms with E-state index in [9.17, 15) is 14.4 Å². The van der Waals surface area contributed by atoms with Crippen LogP contribution in [0, 0.1) is 0 Å². The summed E-state index contributed by atoms with van der Waals surface area (Å²) in [5, 5.41) is 6.07. The van der Waals surface area contributed by atoms with Crippen LogP contribution in [0.25, 0.3) is 10.9 Å². The monoisotopic (exact) mass is 379 g/mol. The number of benzene rings is 2. The van der Waals surface area contributed by atoms with Gasteiger partial charge in [0.1, 0.15) is 5.69 Å². The zero-order valence-electron chi connectivity index (χ0n) is 15.5. The summed E-state index contributed by atoms with van der Waals surface area (Å²) in [6.07, 6.45) is 0.784. The summed E-state index contributed by atoms with van der Waals surface area (Å²) < 4.78 is 4.99. The Balaban J connectivity index is 1.45. The summed E-state index contributed by atoms with van der Waals surface area (Å²) in [4.78, 5) is 38.9. The molecule has 1 heterocycles. The predicted molar refractivity (Wildman–Crippen MR) is 106 cm³/mol. The van der Waals surface area contributed by atoms with Crippen LogP contribution in [0.5, 0.6) is 0 Å². The molecule has 0 atom stereocenters. The Labute approximate surface area is 162 Å². The van der Waals surface area contributed by atoms with E-state index in [-0.39, 0.29) is 18.1 Å². The van der Waals surface area contributed by atoms with Crippen molar-refractivity contribution < 1.29 is 19.1 Å². The van der Waals surface area contributed by atoms with E-state index in [0.29, 0.717) is 0 Å². The zero-order chi connectivity index (χ0) is 19.9. The maximum Gasteiger partial charge on any atom is 0.355 e. The average Bonchev–Trinajstić information content (AvgIpc) is 3.15. The lowest BCUT2D eigenvalue weighted by Gasteiger charge is -2.10. The lowest BCUT2D eigenvalue weighted by atomic mass is 10.1. The van der Waals surface area contributed by atoms with Gasteiger partial charge in [0.2, 0.25) is 5.91 Å². The lowest BCUT2D eigenvalue weighted by molar-refractivity contribution is -0.126. The Hall–Kier alpha value is -3.61. The second-order valence-corrected chi connectivity index (χ2v) is 6.18. The van der Waals surface area contributed by atoms with Gasteiger partial charge in [-0.25, -0.2) is 4.79 Å². The number of carbonyl (C=O) groups is 3. The van der Waals surface area contributed by atoms with Gasteiger partial charge in [-0.3, -0.25) is 9.59 Å². The van der Waals surface area contributed by atoms with Gasteiger partial charge in [-0.2, -0.15) is 0 Å².